The number of nitrogens with zero attached hydrogens (tertiary/aromatic N) is 1. The van der Waals surface area contributed by atoms with E-state index < -0.39 is 0 Å². The Bertz CT molecular complexity index is 1800. The molecule has 0 fully saturated rings. The van der Waals surface area contributed by atoms with E-state index in [1.807, 2.05) is 72.8 Å². The van der Waals surface area contributed by atoms with Crippen molar-refractivity contribution in [2.75, 3.05) is 25.4 Å². The molecule has 6 heteroatoms. The summed E-state index contributed by atoms with van der Waals surface area (Å²) in [4.78, 5) is 18.9. The molecule has 0 saturated heterocycles. The number of hydrogen-bond donors (Lipinski definition) is 2. The van der Waals surface area contributed by atoms with Crippen molar-refractivity contribution >= 4 is 33.3 Å². The monoisotopic (exact) mass is 555 g/mol. The van der Waals surface area contributed by atoms with Gasteiger partial charge in [-0.2, -0.15) is 0 Å². The summed E-state index contributed by atoms with van der Waals surface area (Å²) in [6.45, 7) is 2.31. The van der Waals surface area contributed by atoms with Gasteiger partial charge in [-0.15, -0.1) is 0 Å². The average molecular weight is 556 g/mol. The number of aromatic nitrogens is 1. The zero-order valence-electron chi connectivity index (χ0n) is 23.3. The van der Waals surface area contributed by atoms with Gasteiger partial charge >= 0.3 is 0 Å². The fourth-order valence-electron chi connectivity index (χ4n) is 5.15. The van der Waals surface area contributed by atoms with E-state index in [1.54, 1.807) is 18.2 Å². The van der Waals surface area contributed by atoms with Crippen molar-refractivity contribution in [3.8, 4) is 11.5 Å². The Morgan fingerprint density at radius 2 is 1.43 bits per heavy atom. The largest absolute Gasteiger partial charge is 0.492 e. The lowest BCUT2D eigenvalue weighted by molar-refractivity contribution is 0.0912. The standard InChI is InChI=1S/C36H33N3O3/c37-32-21-28(15-18-36(32)42-25-27-11-5-2-6-12-27)35(40)24-39(23-26-9-3-1-4-10-26)19-20-41-29-16-17-31-30-13-7-8-14-33(30)38-34(31)22-29/h1-18,21-22,38H,19-20,23-25,37H2. The molecule has 0 aliphatic carbocycles. The van der Waals surface area contributed by atoms with Crippen LogP contribution in [0, 0.1) is 0 Å². The third-order valence-electron chi connectivity index (χ3n) is 7.34. The number of H-pyrrole nitrogens is 1. The van der Waals surface area contributed by atoms with E-state index in [4.69, 9.17) is 15.2 Å². The molecule has 0 aliphatic heterocycles. The van der Waals surface area contributed by atoms with Crippen LogP contribution in [0.3, 0.4) is 0 Å². The molecule has 0 aliphatic rings. The van der Waals surface area contributed by atoms with Crippen molar-refractivity contribution in [3.05, 3.63) is 138 Å². The summed E-state index contributed by atoms with van der Waals surface area (Å²) in [5.74, 6) is 1.35. The summed E-state index contributed by atoms with van der Waals surface area (Å²) in [7, 11) is 0. The highest BCUT2D eigenvalue weighted by molar-refractivity contribution is 6.07. The van der Waals surface area contributed by atoms with Gasteiger partial charge in [-0.3, -0.25) is 9.69 Å². The Kier molecular flexibility index (Phi) is 8.15. The van der Waals surface area contributed by atoms with Crippen LogP contribution in [0.5, 0.6) is 11.5 Å². The summed E-state index contributed by atoms with van der Waals surface area (Å²) in [6, 6.07) is 39.7. The second-order valence-corrected chi connectivity index (χ2v) is 10.4. The number of ether oxygens (including phenoxy) is 2. The minimum Gasteiger partial charge on any atom is -0.492 e. The zero-order valence-corrected chi connectivity index (χ0v) is 23.3. The molecule has 5 aromatic carbocycles. The molecule has 6 nitrogen and oxygen atoms in total. The Balaban J connectivity index is 1.11. The molecule has 210 valence electrons. The molecular formula is C36H33N3O3. The lowest BCUT2D eigenvalue weighted by Crippen LogP contribution is -2.33. The molecule has 6 rings (SSSR count). The summed E-state index contributed by atoms with van der Waals surface area (Å²) in [5, 5.41) is 2.37. The average Bonchev–Trinajstić information content (AvgIpc) is 3.39. The van der Waals surface area contributed by atoms with Gasteiger partial charge in [-0.25, -0.2) is 0 Å². The molecule has 3 N–H and O–H groups in total. The van der Waals surface area contributed by atoms with Crippen LogP contribution >= 0.6 is 0 Å². The number of benzene rings is 5. The Labute approximate surface area is 245 Å². The van der Waals surface area contributed by atoms with E-state index >= 15 is 0 Å². The molecule has 0 saturated carbocycles. The van der Waals surface area contributed by atoms with Crippen LogP contribution in [0.15, 0.2) is 121 Å². The molecule has 42 heavy (non-hydrogen) atoms. The Morgan fingerprint density at radius 1 is 0.714 bits per heavy atom. The van der Waals surface area contributed by atoms with E-state index in [9.17, 15) is 4.79 Å². The molecule has 0 atom stereocenters. The number of rotatable bonds is 12. The number of carbonyl (C=O) groups excluding carboxylic acids is 1. The molecule has 0 bridgehead atoms. The zero-order chi connectivity index (χ0) is 28.7. The van der Waals surface area contributed by atoms with Crippen LogP contribution in [0.4, 0.5) is 5.69 Å². The fraction of sp³-hybridized carbons (Fsp3) is 0.139. The van der Waals surface area contributed by atoms with Gasteiger partial charge in [0.15, 0.2) is 5.78 Å². The molecule has 1 heterocycles. The minimum atomic E-state index is -0.00765. The van der Waals surface area contributed by atoms with E-state index in [2.05, 4.69) is 40.2 Å². The van der Waals surface area contributed by atoms with Gasteiger partial charge in [0.25, 0.3) is 0 Å². The first-order chi connectivity index (χ1) is 20.6. The Morgan fingerprint density at radius 3 is 2.21 bits per heavy atom. The van der Waals surface area contributed by atoms with Crippen LogP contribution in [-0.2, 0) is 13.2 Å². The van der Waals surface area contributed by atoms with Gasteiger partial charge in [0.1, 0.15) is 24.7 Å². The number of nitrogens with two attached hydrogens (primary N) is 1. The smallest absolute Gasteiger partial charge is 0.176 e. The number of aromatic amines is 1. The highest BCUT2D eigenvalue weighted by Gasteiger charge is 2.16. The second kappa shape index (κ2) is 12.6. The van der Waals surface area contributed by atoms with Crippen molar-refractivity contribution in [3.63, 3.8) is 0 Å². The number of para-hydroxylation sites is 1. The van der Waals surface area contributed by atoms with Crippen molar-refractivity contribution in [2.45, 2.75) is 13.2 Å². The predicted octanol–water partition coefficient (Wildman–Crippen LogP) is 7.25. The van der Waals surface area contributed by atoms with Crippen molar-refractivity contribution in [1.29, 1.82) is 0 Å². The normalized spacial score (nSPS) is 11.3. The van der Waals surface area contributed by atoms with E-state index in [1.165, 1.54) is 10.8 Å². The van der Waals surface area contributed by atoms with Crippen LogP contribution in [0.2, 0.25) is 0 Å². The molecule has 0 radical (unpaired) electrons. The number of nitrogens with one attached hydrogen (secondary N) is 1. The summed E-state index contributed by atoms with van der Waals surface area (Å²) >= 11 is 0. The van der Waals surface area contributed by atoms with Crippen molar-refractivity contribution in [1.82, 2.24) is 9.88 Å². The van der Waals surface area contributed by atoms with Crippen LogP contribution in [0.1, 0.15) is 21.5 Å². The third kappa shape index (κ3) is 6.45. The van der Waals surface area contributed by atoms with Crippen molar-refractivity contribution < 1.29 is 14.3 Å². The summed E-state index contributed by atoms with van der Waals surface area (Å²) in [5.41, 5.74) is 11.6. The fourth-order valence-corrected chi connectivity index (χ4v) is 5.15. The number of anilines is 1. The van der Waals surface area contributed by atoms with Gasteiger partial charge in [0.05, 0.1) is 17.7 Å². The first-order valence-electron chi connectivity index (χ1n) is 14.1. The van der Waals surface area contributed by atoms with Crippen LogP contribution in [-0.4, -0.2) is 35.4 Å². The predicted molar refractivity (Wildman–Crippen MR) is 169 cm³/mol. The number of hydrogen-bond acceptors (Lipinski definition) is 5. The Hall–Kier alpha value is -5.07. The van der Waals surface area contributed by atoms with Crippen LogP contribution in [0.25, 0.3) is 21.8 Å². The molecule has 1 aromatic heterocycles. The maximum Gasteiger partial charge on any atom is 0.176 e. The lowest BCUT2D eigenvalue weighted by Gasteiger charge is -2.22. The van der Waals surface area contributed by atoms with E-state index in [-0.39, 0.29) is 12.3 Å². The van der Waals surface area contributed by atoms with Gasteiger partial charge in [-0.1, -0.05) is 78.9 Å². The second-order valence-electron chi connectivity index (χ2n) is 10.4. The first-order valence-corrected chi connectivity index (χ1v) is 14.1. The number of carbonyl (C=O) groups is 1. The third-order valence-corrected chi connectivity index (χ3v) is 7.34. The number of fused-ring (bicyclic) bond motifs is 3. The molecule has 0 spiro atoms. The van der Waals surface area contributed by atoms with Crippen molar-refractivity contribution in [2.24, 2.45) is 0 Å². The number of nitrogen functional groups attached to an aromatic ring is 1. The van der Waals surface area contributed by atoms with Gasteiger partial charge in [0, 0.05) is 41.0 Å². The summed E-state index contributed by atoms with van der Waals surface area (Å²) < 4.78 is 12.0. The summed E-state index contributed by atoms with van der Waals surface area (Å²) in [6.07, 6.45) is 0. The molecule has 6 aromatic rings. The number of Topliss-reactive ketones (excluding diaryl/α,β-unsaturated/α-hetero) is 1. The first kappa shape index (κ1) is 27.1. The maximum absolute atomic E-state index is 13.4. The quantitative estimate of drug-likeness (QED) is 0.123. The number of ketones is 1. The van der Waals surface area contributed by atoms with E-state index in [0.717, 1.165) is 27.9 Å². The molecule has 0 unspecified atom stereocenters. The SMILES string of the molecule is Nc1cc(C(=O)CN(CCOc2ccc3c(c2)[nH]c2ccccc23)Cc2ccccc2)ccc1OCc1ccccc1. The molecule has 0 amide bonds. The highest BCUT2D eigenvalue weighted by atomic mass is 16.5. The lowest BCUT2D eigenvalue weighted by atomic mass is 10.1. The van der Waals surface area contributed by atoms with Gasteiger partial charge in [0.2, 0.25) is 0 Å². The topological polar surface area (TPSA) is 80.6 Å². The highest BCUT2D eigenvalue weighted by Crippen LogP contribution is 2.28. The maximum atomic E-state index is 13.4. The van der Waals surface area contributed by atoms with Crippen LogP contribution < -0.4 is 15.2 Å². The van der Waals surface area contributed by atoms with Gasteiger partial charge < -0.3 is 20.2 Å². The van der Waals surface area contributed by atoms with E-state index in [0.29, 0.717) is 43.3 Å². The molecular weight excluding hydrogens is 522 g/mol. The minimum absolute atomic E-state index is 0.00765. The van der Waals surface area contributed by atoms with Gasteiger partial charge in [-0.05, 0) is 47.5 Å².